The van der Waals surface area contributed by atoms with Crippen LogP contribution in [0.3, 0.4) is 0 Å². The van der Waals surface area contributed by atoms with Crippen LogP contribution in [0.1, 0.15) is 25.3 Å². The number of carboxylic acid groups (broad SMARTS) is 1. The van der Waals surface area contributed by atoms with Crippen molar-refractivity contribution in [3.63, 3.8) is 0 Å². The number of rotatable bonds is 7. The van der Waals surface area contributed by atoms with Crippen LogP contribution < -0.4 is 0 Å². The highest BCUT2D eigenvalue weighted by molar-refractivity contribution is 6.72. The molecule has 114 valence electrons. The van der Waals surface area contributed by atoms with Crippen LogP contribution >= 0.6 is 0 Å². The highest BCUT2D eigenvalue weighted by Gasteiger charge is 2.25. The molecular formula is C16H22O4Si. The molecule has 0 saturated heterocycles. The van der Waals surface area contributed by atoms with Gasteiger partial charge in [0.25, 0.3) is 0 Å². The number of benzene rings is 1. The predicted molar refractivity (Wildman–Crippen MR) is 85.7 cm³/mol. The van der Waals surface area contributed by atoms with Gasteiger partial charge in [-0.15, -0.1) is 0 Å². The number of carbonyl (C=O) groups excluding carboxylic acids is 1. The molecule has 0 fully saturated rings. The van der Waals surface area contributed by atoms with E-state index in [0.29, 0.717) is 12.2 Å². The summed E-state index contributed by atoms with van der Waals surface area (Å²) < 4.78 is 5.24. The lowest BCUT2D eigenvalue weighted by Crippen LogP contribution is -2.22. The van der Waals surface area contributed by atoms with Crippen LogP contribution in [0.4, 0.5) is 0 Å². The van der Waals surface area contributed by atoms with Gasteiger partial charge in [-0.05, 0) is 12.0 Å². The molecule has 21 heavy (non-hydrogen) atoms. The van der Waals surface area contributed by atoms with Crippen molar-refractivity contribution in [1.29, 1.82) is 0 Å². The quantitative estimate of drug-likeness (QED) is 0.364. The molecule has 1 N–H and O–H groups in total. The number of carbonyl (C=O) groups is 2. The van der Waals surface area contributed by atoms with Crippen molar-refractivity contribution < 1.29 is 19.4 Å². The molecule has 0 saturated carbocycles. The van der Waals surface area contributed by atoms with E-state index in [2.05, 4.69) is 0 Å². The zero-order chi connectivity index (χ0) is 15.8. The van der Waals surface area contributed by atoms with E-state index in [1.54, 1.807) is 24.3 Å². The molecule has 0 bridgehead atoms. The summed E-state index contributed by atoms with van der Waals surface area (Å²) in [4.78, 5) is 23.9. The topological polar surface area (TPSA) is 63.6 Å². The number of unbranched alkanes of at least 4 members (excludes halogenated alkanes) is 1. The van der Waals surface area contributed by atoms with Gasteiger partial charge >= 0.3 is 11.9 Å². The van der Waals surface area contributed by atoms with Crippen LogP contribution in [0.5, 0.6) is 0 Å². The minimum atomic E-state index is -1.69. The fraction of sp³-hybridized carbons (Fsp3) is 0.375. The summed E-state index contributed by atoms with van der Waals surface area (Å²) in [6.45, 7) is 6.11. The number of hydrogen-bond donors (Lipinski definition) is 1. The van der Waals surface area contributed by atoms with Gasteiger partial charge in [-0.25, -0.2) is 9.59 Å². The first-order chi connectivity index (χ1) is 9.99. The lowest BCUT2D eigenvalue weighted by Gasteiger charge is -2.14. The predicted octanol–water partition coefficient (Wildman–Crippen LogP) is 2.89. The second-order valence-electron chi connectivity index (χ2n) is 5.10. The molecule has 4 nitrogen and oxygen atoms in total. The lowest BCUT2D eigenvalue weighted by molar-refractivity contribution is -0.137. The Kier molecular flexibility index (Phi) is 6.88. The van der Waals surface area contributed by atoms with Crippen LogP contribution in [0, 0.1) is 0 Å². The Morgan fingerprint density at radius 2 is 1.81 bits per heavy atom. The Hall–Kier alpha value is -1.88. The van der Waals surface area contributed by atoms with E-state index in [-0.39, 0.29) is 10.8 Å². The van der Waals surface area contributed by atoms with E-state index in [4.69, 9.17) is 4.74 Å². The van der Waals surface area contributed by atoms with Crippen molar-refractivity contribution in [3.05, 3.63) is 41.1 Å². The van der Waals surface area contributed by atoms with Crippen LogP contribution in [0.25, 0.3) is 5.57 Å². The van der Waals surface area contributed by atoms with E-state index >= 15 is 0 Å². The van der Waals surface area contributed by atoms with Gasteiger partial charge in [0.15, 0.2) is 0 Å². The van der Waals surface area contributed by atoms with Crippen molar-refractivity contribution >= 4 is 26.3 Å². The van der Waals surface area contributed by atoms with Crippen molar-refractivity contribution in [1.82, 2.24) is 0 Å². The largest absolute Gasteiger partial charge is 0.478 e. The number of esters is 1. The molecule has 0 radical (unpaired) electrons. The molecule has 0 aliphatic heterocycles. The highest BCUT2D eigenvalue weighted by Crippen LogP contribution is 2.23. The average molecular weight is 306 g/mol. The molecule has 1 aromatic rings. The van der Waals surface area contributed by atoms with Crippen molar-refractivity contribution in [2.75, 3.05) is 6.61 Å². The van der Waals surface area contributed by atoms with Crippen LogP contribution in [-0.4, -0.2) is 32.4 Å². The zero-order valence-corrected chi connectivity index (χ0v) is 13.9. The third-order valence-electron chi connectivity index (χ3n) is 3.07. The summed E-state index contributed by atoms with van der Waals surface area (Å²) in [6, 6.07) is 8.90. The standard InChI is InChI=1S/C16H22O4Si/c1-4-5-11-20-16(19)13(12-9-7-6-8-10-12)14(15(17)18)21(2)3/h6-10,21H,4-5,11H2,1-3H3,(H,17,18)/b14-13+. The van der Waals surface area contributed by atoms with Crippen LogP contribution in [0.15, 0.2) is 35.5 Å². The molecule has 0 heterocycles. The molecule has 0 atom stereocenters. The summed E-state index contributed by atoms with van der Waals surface area (Å²) in [7, 11) is -1.69. The van der Waals surface area contributed by atoms with Crippen LogP contribution in [-0.2, 0) is 14.3 Å². The molecule has 0 aromatic heterocycles. The minimum Gasteiger partial charge on any atom is -0.478 e. The van der Waals surface area contributed by atoms with E-state index in [9.17, 15) is 14.7 Å². The van der Waals surface area contributed by atoms with Gasteiger partial charge in [0, 0.05) is 5.20 Å². The smallest absolute Gasteiger partial charge is 0.338 e. The number of aliphatic carboxylic acids is 1. The molecule has 0 amide bonds. The van der Waals surface area contributed by atoms with Crippen molar-refractivity contribution in [2.45, 2.75) is 32.9 Å². The Balaban J connectivity index is 3.26. The molecule has 0 aliphatic rings. The zero-order valence-electron chi connectivity index (χ0n) is 12.8. The summed E-state index contributed by atoms with van der Waals surface area (Å²) in [6.07, 6.45) is 1.69. The summed E-state index contributed by atoms with van der Waals surface area (Å²) >= 11 is 0. The highest BCUT2D eigenvalue weighted by atomic mass is 28.3. The first kappa shape index (κ1) is 17.2. The Labute approximate surface area is 127 Å². The average Bonchev–Trinajstić information content (AvgIpc) is 2.44. The first-order valence-electron chi connectivity index (χ1n) is 7.19. The molecule has 0 spiro atoms. The van der Waals surface area contributed by atoms with Gasteiger partial charge in [-0.2, -0.15) is 0 Å². The monoisotopic (exact) mass is 306 g/mol. The molecule has 5 heteroatoms. The Bertz CT molecular complexity index is 520. The number of carboxylic acids is 1. The molecule has 1 aromatic carbocycles. The van der Waals surface area contributed by atoms with Gasteiger partial charge < -0.3 is 9.84 Å². The summed E-state index contributed by atoms with van der Waals surface area (Å²) in [5, 5.41) is 9.69. The minimum absolute atomic E-state index is 0.209. The third kappa shape index (κ3) is 4.86. The second-order valence-corrected chi connectivity index (χ2v) is 7.99. The summed E-state index contributed by atoms with van der Waals surface area (Å²) in [5.41, 5.74) is 0.818. The van der Waals surface area contributed by atoms with Crippen molar-refractivity contribution in [3.8, 4) is 0 Å². The van der Waals surface area contributed by atoms with Gasteiger partial charge in [-0.1, -0.05) is 56.8 Å². The molecule has 0 unspecified atom stereocenters. The van der Waals surface area contributed by atoms with Gasteiger partial charge in [-0.3, -0.25) is 0 Å². The maximum absolute atomic E-state index is 12.3. The Morgan fingerprint density at radius 3 is 2.29 bits per heavy atom. The maximum Gasteiger partial charge on any atom is 0.338 e. The number of ether oxygens (including phenoxy) is 1. The normalized spacial score (nSPS) is 12.0. The molecular weight excluding hydrogens is 284 g/mol. The van der Waals surface area contributed by atoms with Gasteiger partial charge in [0.05, 0.1) is 21.0 Å². The van der Waals surface area contributed by atoms with Crippen molar-refractivity contribution in [2.24, 2.45) is 0 Å². The molecule has 1 rings (SSSR count). The fourth-order valence-corrected chi connectivity index (χ4v) is 3.37. The van der Waals surface area contributed by atoms with E-state index in [1.807, 2.05) is 26.1 Å². The maximum atomic E-state index is 12.3. The summed E-state index contributed by atoms with van der Waals surface area (Å²) in [5.74, 6) is -1.56. The van der Waals surface area contributed by atoms with E-state index in [0.717, 1.165) is 12.8 Å². The molecule has 0 aliphatic carbocycles. The van der Waals surface area contributed by atoms with Gasteiger partial charge in [0.1, 0.15) is 0 Å². The van der Waals surface area contributed by atoms with Gasteiger partial charge in [0.2, 0.25) is 0 Å². The SMILES string of the molecule is CCCCOC(=O)/C(=C(\C(=O)O)[SiH](C)C)c1ccccc1. The number of hydrogen-bond acceptors (Lipinski definition) is 3. The van der Waals surface area contributed by atoms with E-state index in [1.165, 1.54) is 0 Å². The lowest BCUT2D eigenvalue weighted by atomic mass is 10.1. The van der Waals surface area contributed by atoms with Crippen LogP contribution in [0.2, 0.25) is 13.1 Å². The second kappa shape index (κ2) is 8.41. The fourth-order valence-electron chi connectivity index (χ4n) is 2.01. The van der Waals surface area contributed by atoms with E-state index < -0.39 is 20.7 Å². The first-order valence-corrected chi connectivity index (χ1v) is 10.1. The third-order valence-corrected chi connectivity index (χ3v) is 4.77. The Morgan fingerprint density at radius 1 is 1.19 bits per heavy atom.